The predicted octanol–water partition coefficient (Wildman–Crippen LogP) is 8.82. The average molecular weight is 759 g/mol. The van der Waals surface area contributed by atoms with Crippen molar-refractivity contribution in [1.82, 2.24) is 10.6 Å². The van der Waals surface area contributed by atoms with Gasteiger partial charge in [0.05, 0.1) is 0 Å². The maximum atomic E-state index is 13.2. The third-order valence-electron chi connectivity index (χ3n) is 9.88. The van der Waals surface area contributed by atoms with Gasteiger partial charge in [-0.15, -0.1) is 0 Å². The molecule has 0 spiro atoms. The van der Waals surface area contributed by atoms with Gasteiger partial charge in [0.25, 0.3) is 0 Å². The number of amides is 2. The molecule has 0 saturated carbocycles. The van der Waals surface area contributed by atoms with E-state index in [4.69, 9.17) is 18.9 Å². The number of rotatable bonds is 16. The van der Waals surface area contributed by atoms with Crippen LogP contribution in [0.3, 0.4) is 0 Å². The van der Waals surface area contributed by atoms with Crippen molar-refractivity contribution in [3.63, 3.8) is 0 Å². The maximum absolute atomic E-state index is 13.2. The van der Waals surface area contributed by atoms with Crippen molar-refractivity contribution in [2.75, 3.05) is 26.4 Å². The lowest BCUT2D eigenvalue weighted by Gasteiger charge is -2.19. The summed E-state index contributed by atoms with van der Waals surface area (Å²) in [4.78, 5) is 51.1. The normalized spacial score (nSPS) is 13.6. The van der Waals surface area contributed by atoms with E-state index in [2.05, 4.69) is 47.0 Å². The number of alkyl carbamates (subject to hydrolysis) is 2. The average Bonchev–Trinajstić information content (AvgIpc) is 3.68. The molecule has 4 aromatic rings. The zero-order chi connectivity index (χ0) is 39.5. The first-order valence-electron chi connectivity index (χ1n) is 19.3. The molecule has 292 valence electrons. The van der Waals surface area contributed by atoms with E-state index < -0.39 is 29.8 Å². The molecule has 0 unspecified atom stereocenters. The first kappa shape index (κ1) is 39.8. The van der Waals surface area contributed by atoms with E-state index >= 15 is 0 Å². The molecule has 2 aliphatic carbocycles. The maximum Gasteiger partial charge on any atom is 0.407 e. The number of esters is 2. The first-order valence-corrected chi connectivity index (χ1v) is 19.3. The lowest BCUT2D eigenvalue weighted by Crippen LogP contribution is -2.42. The number of hydrogen-bond acceptors (Lipinski definition) is 8. The molecule has 0 bridgehead atoms. The molecule has 10 heteroatoms. The predicted molar refractivity (Wildman–Crippen MR) is 214 cm³/mol. The van der Waals surface area contributed by atoms with Crippen molar-refractivity contribution < 1.29 is 38.1 Å². The SMILES string of the molecule is CC(C)(C)OC(=O)CC/C=C/COC(=O)[C@H](CCCCNC(=O)OCC1c2ccccc2-c2ccccc21)NC(=O)OCC1c2ccccc2-c2ccccc21. The minimum Gasteiger partial charge on any atom is -0.460 e. The van der Waals surface area contributed by atoms with Gasteiger partial charge in [0.1, 0.15) is 31.5 Å². The molecule has 0 radical (unpaired) electrons. The van der Waals surface area contributed by atoms with Crippen LogP contribution >= 0.6 is 0 Å². The molecule has 0 aromatic heterocycles. The number of allylic oxidation sites excluding steroid dienone is 1. The van der Waals surface area contributed by atoms with Crippen molar-refractivity contribution in [3.05, 3.63) is 131 Å². The Labute approximate surface area is 328 Å². The topological polar surface area (TPSA) is 129 Å². The van der Waals surface area contributed by atoms with Crippen molar-refractivity contribution in [1.29, 1.82) is 0 Å². The van der Waals surface area contributed by atoms with Crippen LogP contribution < -0.4 is 10.6 Å². The second-order valence-electron chi connectivity index (χ2n) is 15.0. The van der Waals surface area contributed by atoms with E-state index in [0.717, 1.165) is 44.5 Å². The summed E-state index contributed by atoms with van der Waals surface area (Å²) in [5.74, 6) is -1.09. The number of benzene rings is 4. The smallest absolute Gasteiger partial charge is 0.407 e. The van der Waals surface area contributed by atoms with E-state index in [1.54, 1.807) is 12.2 Å². The van der Waals surface area contributed by atoms with Gasteiger partial charge in [0.2, 0.25) is 0 Å². The van der Waals surface area contributed by atoms with Gasteiger partial charge in [-0.2, -0.15) is 0 Å². The Bertz CT molecular complexity index is 1960. The van der Waals surface area contributed by atoms with Crippen molar-refractivity contribution in [2.45, 2.75) is 76.4 Å². The molecule has 6 rings (SSSR count). The third-order valence-corrected chi connectivity index (χ3v) is 9.88. The molecule has 0 heterocycles. The summed E-state index contributed by atoms with van der Waals surface area (Å²) in [6.07, 6.45) is 4.10. The largest absolute Gasteiger partial charge is 0.460 e. The van der Waals surface area contributed by atoms with Crippen LogP contribution in [-0.2, 0) is 28.5 Å². The summed E-state index contributed by atoms with van der Waals surface area (Å²) in [5, 5.41) is 5.52. The van der Waals surface area contributed by atoms with Crippen LogP contribution in [-0.4, -0.2) is 62.1 Å². The number of hydrogen-bond donors (Lipinski definition) is 2. The molecule has 2 N–H and O–H groups in total. The fourth-order valence-electron chi connectivity index (χ4n) is 7.36. The van der Waals surface area contributed by atoms with Gasteiger partial charge in [-0.25, -0.2) is 14.4 Å². The highest BCUT2D eigenvalue weighted by molar-refractivity contribution is 5.82. The molecule has 1 atom stereocenters. The highest BCUT2D eigenvalue weighted by Gasteiger charge is 2.31. The molecule has 10 nitrogen and oxygen atoms in total. The third kappa shape index (κ3) is 10.2. The fraction of sp³-hybridized carbons (Fsp3) is 0.348. The van der Waals surface area contributed by atoms with Gasteiger partial charge in [0, 0.05) is 24.8 Å². The van der Waals surface area contributed by atoms with Gasteiger partial charge in [0.15, 0.2) is 0 Å². The molecule has 0 aliphatic heterocycles. The zero-order valence-electron chi connectivity index (χ0n) is 32.3. The summed E-state index contributed by atoms with van der Waals surface area (Å²) < 4.78 is 22.2. The number of nitrogens with one attached hydrogen (secondary N) is 2. The fourth-order valence-corrected chi connectivity index (χ4v) is 7.36. The van der Waals surface area contributed by atoms with Gasteiger partial charge in [-0.05, 0) is 91.0 Å². The Morgan fingerprint density at radius 1 is 0.643 bits per heavy atom. The molecular weight excluding hydrogens is 709 g/mol. The number of ether oxygens (including phenoxy) is 4. The Morgan fingerprint density at radius 2 is 1.12 bits per heavy atom. The molecule has 0 saturated heterocycles. The van der Waals surface area contributed by atoms with Crippen molar-refractivity contribution in [3.8, 4) is 22.3 Å². The van der Waals surface area contributed by atoms with Crippen molar-refractivity contribution in [2.24, 2.45) is 0 Å². The second kappa shape index (κ2) is 18.6. The van der Waals surface area contributed by atoms with Crippen LogP contribution in [0.5, 0.6) is 0 Å². The Balaban J connectivity index is 0.981. The second-order valence-corrected chi connectivity index (χ2v) is 15.0. The van der Waals surface area contributed by atoms with Gasteiger partial charge in [-0.3, -0.25) is 4.79 Å². The van der Waals surface area contributed by atoms with E-state index in [1.165, 1.54) is 0 Å². The molecular formula is C46H50N2O8. The van der Waals surface area contributed by atoms with E-state index in [1.807, 2.05) is 81.4 Å². The van der Waals surface area contributed by atoms with Gasteiger partial charge in [-0.1, -0.05) is 109 Å². The lowest BCUT2D eigenvalue weighted by atomic mass is 9.98. The standard InChI is InChI=1S/C46H50N2O8/c1-46(2,3)56-42(49)26-5-4-16-28-53-43(50)41(48-45(52)55-30-40-37-23-12-8-19-33(37)34-20-9-13-24-38(34)40)25-14-15-27-47-44(51)54-29-39-35-21-10-6-17-31(35)32-18-7-11-22-36(32)39/h4,6-13,16-24,39-41H,5,14-15,25-30H2,1-3H3,(H,47,51)(H,48,52)/b16-4+/t41-/m0/s1. The Hall–Kier alpha value is -5.90. The van der Waals surface area contributed by atoms with Crippen LogP contribution in [0.4, 0.5) is 9.59 Å². The minimum absolute atomic E-state index is 0.0284. The first-order chi connectivity index (χ1) is 27.1. The monoisotopic (exact) mass is 758 g/mol. The van der Waals surface area contributed by atoms with E-state index in [-0.39, 0.29) is 50.5 Å². The summed E-state index contributed by atoms with van der Waals surface area (Å²) in [6, 6.07) is 31.5. The zero-order valence-corrected chi connectivity index (χ0v) is 32.3. The lowest BCUT2D eigenvalue weighted by molar-refractivity contribution is -0.154. The van der Waals surface area contributed by atoms with Gasteiger partial charge < -0.3 is 29.6 Å². The van der Waals surface area contributed by atoms with Crippen LogP contribution in [0.25, 0.3) is 22.3 Å². The summed E-state index contributed by atoms with van der Waals surface area (Å²) in [7, 11) is 0. The molecule has 4 aromatic carbocycles. The van der Waals surface area contributed by atoms with E-state index in [0.29, 0.717) is 25.8 Å². The number of carbonyl (C=O) groups is 4. The molecule has 2 aliphatic rings. The van der Waals surface area contributed by atoms with Crippen molar-refractivity contribution >= 4 is 24.1 Å². The van der Waals surface area contributed by atoms with Crippen LogP contribution in [0.2, 0.25) is 0 Å². The minimum atomic E-state index is -0.977. The highest BCUT2D eigenvalue weighted by atomic mass is 16.6. The van der Waals surface area contributed by atoms with Crippen LogP contribution in [0.15, 0.2) is 109 Å². The summed E-state index contributed by atoms with van der Waals surface area (Å²) in [5.41, 5.74) is 8.44. The highest BCUT2D eigenvalue weighted by Crippen LogP contribution is 2.45. The molecule has 0 fully saturated rings. The number of carbonyl (C=O) groups excluding carboxylic acids is 4. The quantitative estimate of drug-likeness (QED) is 0.0502. The van der Waals surface area contributed by atoms with Crippen LogP contribution in [0.1, 0.15) is 87.0 Å². The summed E-state index contributed by atoms with van der Waals surface area (Å²) in [6.45, 7) is 6.05. The Morgan fingerprint density at radius 3 is 1.62 bits per heavy atom. The van der Waals surface area contributed by atoms with Crippen LogP contribution in [0, 0.1) is 0 Å². The summed E-state index contributed by atoms with van der Waals surface area (Å²) >= 11 is 0. The molecule has 2 amide bonds. The Kier molecular flexibility index (Phi) is 13.2. The number of unbranched alkanes of at least 4 members (excludes halogenated alkanes) is 1. The number of fused-ring (bicyclic) bond motifs is 6. The van der Waals surface area contributed by atoms with Gasteiger partial charge >= 0.3 is 24.1 Å². The van der Waals surface area contributed by atoms with E-state index in [9.17, 15) is 19.2 Å². The molecule has 56 heavy (non-hydrogen) atoms.